The number of hydrogen-bond acceptors (Lipinski definition) is 2. The van der Waals surface area contributed by atoms with Crippen molar-refractivity contribution in [1.29, 1.82) is 0 Å². The number of hydrogen-bond donors (Lipinski definition) is 1. The Hall–Kier alpha value is -1.16. The third-order valence-electron chi connectivity index (χ3n) is 1.30. The van der Waals surface area contributed by atoms with Crippen LogP contribution in [0.2, 0.25) is 5.02 Å². The Morgan fingerprint density at radius 3 is 2.75 bits per heavy atom. The van der Waals surface area contributed by atoms with Gasteiger partial charge in [-0.1, -0.05) is 11.6 Å². The number of carboxylic acid groups (broad SMARTS) is 1. The van der Waals surface area contributed by atoms with E-state index in [9.17, 15) is 9.18 Å². The molecule has 0 aliphatic heterocycles. The van der Waals surface area contributed by atoms with E-state index in [0.29, 0.717) is 0 Å². The van der Waals surface area contributed by atoms with E-state index in [1.165, 1.54) is 6.92 Å². The molecule has 3 nitrogen and oxygen atoms in total. The summed E-state index contributed by atoms with van der Waals surface area (Å²) >= 11 is 5.38. The Kier molecular flexibility index (Phi) is 2.28. The third kappa shape index (κ3) is 1.53. The minimum atomic E-state index is -1.22. The monoisotopic (exact) mass is 189 g/mol. The van der Waals surface area contributed by atoms with Crippen molar-refractivity contribution < 1.29 is 14.3 Å². The Morgan fingerprint density at radius 1 is 1.75 bits per heavy atom. The summed E-state index contributed by atoms with van der Waals surface area (Å²) in [6.07, 6.45) is 0. The first kappa shape index (κ1) is 8.93. The molecule has 1 N–H and O–H groups in total. The number of nitrogens with zero attached hydrogens (tertiary/aromatic N) is 1. The maximum absolute atomic E-state index is 12.8. The fraction of sp³-hybridized carbons (Fsp3) is 0.143. The molecule has 0 bridgehead atoms. The summed E-state index contributed by atoms with van der Waals surface area (Å²) in [5, 5.41) is 8.26. The minimum absolute atomic E-state index is 0.0140. The summed E-state index contributed by atoms with van der Waals surface area (Å²) in [6, 6.07) is 0.978. The molecule has 0 aliphatic carbocycles. The lowest BCUT2D eigenvalue weighted by Gasteiger charge is -1.99. The van der Waals surface area contributed by atoms with E-state index >= 15 is 0 Å². The minimum Gasteiger partial charge on any atom is -0.477 e. The molecule has 0 aromatic carbocycles. The van der Waals surface area contributed by atoms with Crippen LogP contribution in [-0.2, 0) is 0 Å². The molecule has 0 amide bonds. The van der Waals surface area contributed by atoms with Gasteiger partial charge < -0.3 is 5.11 Å². The van der Waals surface area contributed by atoms with Crippen LogP contribution in [0.15, 0.2) is 6.07 Å². The molecule has 0 fully saturated rings. The molecule has 0 saturated heterocycles. The van der Waals surface area contributed by atoms with Gasteiger partial charge in [0.15, 0.2) is 5.82 Å². The van der Waals surface area contributed by atoms with Crippen LogP contribution in [0, 0.1) is 12.7 Å². The molecule has 5 heteroatoms. The Morgan fingerprint density at radius 2 is 2.33 bits per heavy atom. The SMILES string of the molecule is Cc1nc(C(=O)O)cc(Cl)c1F. The van der Waals surface area contributed by atoms with Crippen LogP contribution < -0.4 is 0 Å². The van der Waals surface area contributed by atoms with Crippen LogP contribution in [0.1, 0.15) is 16.2 Å². The normalized spacial score (nSPS) is 9.92. The number of aromatic nitrogens is 1. The smallest absolute Gasteiger partial charge is 0.354 e. The number of carboxylic acids is 1. The fourth-order valence-electron chi connectivity index (χ4n) is 0.728. The van der Waals surface area contributed by atoms with Crippen LogP contribution in [0.5, 0.6) is 0 Å². The average molecular weight is 190 g/mol. The molecule has 1 aromatic rings. The first-order chi connectivity index (χ1) is 5.52. The van der Waals surface area contributed by atoms with E-state index in [-0.39, 0.29) is 16.4 Å². The summed E-state index contributed by atoms with van der Waals surface area (Å²) in [4.78, 5) is 13.8. The van der Waals surface area contributed by atoms with E-state index in [1.54, 1.807) is 0 Å². The standard InChI is InChI=1S/C7H5ClFNO2/c1-3-6(9)4(8)2-5(10-3)7(11)12/h2H,1H3,(H,11,12). The van der Waals surface area contributed by atoms with Gasteiger partial charge in [0.05, 0.1) is 10.7 Å². The average Bonchev–Trinajstić information content (AvgIpc) is 1.99. The fourth-order valence-corrected chi connectivity index (χ4v) is 0.968. The van der Waals surface area contributed by atoms with Crippen LogP contribution in [0.3, 0.4) is 0 Å². The lowest BCUT2D eigenvalue weighted by atomic mass is 10.3. The second kappa shape index (κ2) is 3.06. The number of rotatable bonds is 1. The highest BCUT2D eigenvalue weighted by Crippen LogP contribution is 2.17. The van der Waals surface area contributed by atoms with Gasteiger partial charge in [-0.3, -0.25) is 0 Å². The van der Waals surface area contributed by atoms with Gasteiger partial charge >= 0.3 is 5.97 Å². The quantitative estimate of drug-likeness (QED) is 0.734. The molecule has 0 aliphatic rings. The topological polar surface area (TPSA) is 50.2 Å². The zero-order valence-electron chi connectivity index (χ0n) is 6.14. The van der Waals surface area contributed by atoms with E-state index in [2.05, 4.69) is 4.98 Å². The molecule has 12 heavy (non-hydrogen) atoms. The second-order valence-corrected chi connectivity index (χ2v) is 2.60. The molecule has 0 spiro atoms. The van der Waals surface area contributed by atoms with Crippen molar-refractivity contribution in [2.75, 3.05) is 0 Å². The predicted octanol–water partition coefficient (Wildman–Crippen LogP) is 1.88. The zero-order chi connectivity index (χ0) is 9.30. The van der Waals surface area contributed by atoms with Gasteiger partial charge in [0.2, 0.25) is 0 Å². The maximum Gasteiger partial charge on any atom is 0.354 e. The number of carbonyl (C=O) groups is 1. The van der Waals surface area contributed by atoms with Crippen LogP contribution in [0.4, 0.5) is 4.39 Å². The summed E-state index contributed by atoms with van der Waals surface area (Å²) < 4.78 is 12.8. The highest BCUT2D eigenvalue weighted by Gasteiger charge is 2.11. The predicted molar refractivity (Wildman–Crippen MR) is 40.9 cm³/mol. The first-order valence-electron chi connectivity index (χ1n) is 3.08. The van der Waals surface area contributed by atoms with Crippen molar-refractivity contribution in [3.63, 3.8) is 0 Å². The highest BCUT2D eigenvalue weighted by molar-refractivity contribution is 6.31. The van der Waals surface area contributed by atoms with Gasteiger partial charge in [-0.2, -0.15) is 0 Å². The Balaban J connectivity index is 3.31. The van der Waals surface area contributed by atoms with Crippen molar-refractivity contribution in [2.24, 2.45) is 0 Å². The van der Waals surface area contributed by atoms with Gasteiger partial charge in [-0.15, -0.1) is 0 Å². The van der Waals surface area contributed by atoms with Gasteiger partial charge in [0, 0.05) is 0 Å². The van der Waals surface area contributed by atoms with Crippen molar-refractivity contribution in [2.45, 2.75) is 6.92 Å². The van der Waals surface area contributed by atoms with E-state index < -0.39 is 11.8 Å². The van der Waals surface area contributed by atoms with E-state index in [4.69, 9.17) is 16.7 Å². The first-order valence-corrected chi connectivity index (χ1v) is 3.46. The lowest BCUT2D eigenvalue weighted by molar-refractivity contribution is 0.0690. The highest BCUT2D eigenvalue weighted by atomic mass is 35.5. The summed E-state index contributed by atoms with van der Waals surface area (Å²) in [7, 11) is 0. The van der Waals surface area contributed by atoms with Gasteiger partial charge in [0.25, 0.3) is 0 Å². The maximum atomic E-state index is 12.8. The van der Waals surface area contributed by atoms with Crippen LogP contribution in [-0.4, -0.2) is 16.1 Å². The summed E-state index contributed by atoms with van der Waals surface area (Å²) in [5.74, 6) is -1.90. The number of halogens is 2. The molecule has 0 unspecified atom stereocenters. The van der Waals surface area contributed by atoms with Crippen LogP contribution >= 0.6 is 11.6 Å². The molecular weight excluding hydrogens is 185 g/mol. The molecule has 1 aromatic heterocycles. The largest absolute Gasteiger partial charge is 0.477 e. The molecule has 0 atom stereocenters. The van der Waals surface area contributed by atoms with Crippen molar-refractivity contribution >= 4 is 17.6 Å². The molecule has 64 valence electrons. The van der Waals surface area contributed by atoms with Crippen molar-refractivity contribution in [1.82, 2.24) is 4.98 Å². The third-order valence-corrected chi connectivity index (χ3v) is 1.57. The van der Waals surface area contributed by atoms with E-state index in [1.807, 2.05) is 0 Å². The number of aromatic carboxylic acids is 1. The van der Waals surface area contributed by atoms with Gasteiger partial charge in [-0.25, -0.2) is 14.2 Å². The molecule has 1 rings (SSSR count). The van der Waals surface area contributed by atoms with Crippen LogP contribution in [0.25, 0.3) is 0 Å². The summed E-state index contributed by atoms with van der Waals surface area (Å²) in [5.41, 5.74) is -0.265. The van der Waals surface area contributed by atoms with Gasteiger partial charge in [-0.05, 0) is 13.0 Å². The molecule has 0 radical (unpaired) electrons. The van der Waals surface area contributed by atoms with Crippen molar-refractivity contribution in [3.8, 4) is 0 Å². The summed E-state index contributed by atoms with van der Waals surface area (Å²) in [6.45, 7) is 1.35. The second-order valence-electron chi connectivity index (χ2n) is 2.19. The molecule has 0 saturated carbocycles. The Bertz CT molecular complexity index is 317. The van der Waals surface area contributed by atoms with E-state index in [0.717, 1.165) is 6.07 Å². The van der Waals surface area contributed by atoms with Gasteiger partial charge in [0.1, 0.15) is 5.69 Å². The number of pyridine rings is 1. The number of aryl methyl sites for hydroxylation is 1. The Labute approximate surface area is 72.8 Å². The molecule has 1 heterocycles. The van der Waals surface area contributed by atoms with Crippen molar-refractivity contribution in [3.05, 3.63) is 28.3 Å². The zero-order valence-corrected chi connectivity index (χ0v) is 6.89. The lowest BCUT2D eigenvalue weighted by Crippen LogP contribution is -2.03. The molecular formula is C7H5ClFNO2.